The van der Waals surface area contributed by atoms with Crippen LogP contribution >= 0.6 is 0 Å². The van der Waals surface area contributed by atoms with Crippen molar-refractivity contribution in [1.82, 2.24) is 0 Å². The third-order valence-corrected chi connectivity index (χ3v) is 6.31. The standard InChI is InChI=1S/C31H33NO5/c1-19(2)37-23-14-10-11-20(17-23)27-26(29(34)30(35)32(27)22-12-8-7-9-13-22)28(33)21-15-16-25(36-6)24(18-21)31(3,4)5/h7-19,27,33H,1-6H3/b28-26+. The topological polar surface area (TPSA) is 76.1 Å². The highest BCUT2D eigenvalue weighted by atomic mass is 16.5. The second-order valence-electron chi connectivity index (χ2n) is 10.4. The fraction of sp³-hybridized carbons (Fsp3) is 0.290. The zero-order valence-electron chi connectivity index (χ0n) is 22.1. The van der Waals surface area contributed by atoms with Crippen molar-refractivity contribution in [2.45, 2.75) is 52.2 Å². The van der Waals surface area contributed by atoms with Gasteiger partial charge in [-0.3, -0.25) is 14.5 Å². The molecule has 6 nitrogen and oxygen atoms in total. The van der Waals surface area contributed by atoms with Crippen LogP contribution in [0.25, 0.3) is 5.76 Å². The van der Waals surface area contributed by atoms with Crippen molar-refractivity contribution in [3.05, 3.63) is 95.1 Å². The number of nitrogens with zero attached hydrogens (tertiary/aromatic N) is 1. The van der Waals surface area contributed by atoms with E-state index in [0.717, 1.165) is 5.56 Å². The molecule has 3 aromatic rings. The fourth-order valence-electron chi connectivity index (χ4n) is 4.63. The predicted octanol–water partition coefficient (Wildman–Crippen LogP) is 6.41. The molecule has 6 heteroatoms. The van der Waals surface area contributed by atoms with E-state index in [1.165, 1.54) is 4.90 Å². The Bertz CT molecular complexity index is 1350. The van der Waals surface area contributed by atoms with Gasteiger partial charge in [-0.1, -0.05) is 51.1 Å². The molecule has 1 fully saturated rings. The third kappa shape index (κ3) is 5.10. The Kier molecular flexibility index (Phi) is 7.12. The molecule has 1 atom stereocenters. The molecule has 1 N–H and O–H groups in total. The molecule has 0 saturated carbocycles. The molecule has 37 heavy (non-hydrogen) atoms. The summed E-state index contributed by atoms with van der Waals surface area (Å²) in [6.45, 7) is 9.99. The smallest absolute Gasteiger partial charge is 0.300 e. The van der Waals surface area contributed by atoms with Gasteiger partial charge in [-0.05, 0) is 67.3 Å². The van der Waals surface area contributed by atoms with E-state index >= 15 is 0 Å². The van der Waals surface area contributed by atoms with Crippen LogP contribution in [-0.2, 0) is 15.0 Å². The van der Waals surface area contributed by atoms with Crippen LogP contribution in [0.2, 0.25) is 0 Å². The van der Waals surface area contributed by atoms with Gasteiger partial charge in [0.05, 0.1) is 24.8 Å². The summed E-state index contributed by atoms with van der Waals surface area (Å²) in [5, 5.41) is 11.6. The van der Waals surface area contributed by atoms with Crippen molar-refractivity contribution in [3.8, 4) is 11.5 Å². The highest BCUT2D eigenvalue weighted by molar-refractivity contribution is 6.51. The minimum Gasteiger partial charge on any atom is -0.507 e. The first-order chi connectivity index (χ1) is 17.5. The first-order valence-electron chi connectivity index (χ1n) is 12.3. The number of para-hydroxylation sites is 1. The Labute approximate surface area is 218 Å². The fourth-order valence-corrected chi connectivity index (χ4v) is 4.63. The molecule has 1 aliphatic heterocycles. The lowest BCUT2D eigenvalue weighted by Gasteiger charge is -2.26. The Hall–Kier alpha value is -4.06. The number of ether oxygens (including phenoxy) is 2. The minimum absolute atomic E-state index is 0.0283. The van der Waals surface area contributed by atoms with Gasteiger partial charge in [0.15, 0.2) is 0 Å². The molecule has 0 aromatic heterocycles. The van der Waals surface area contributed by atoms with Gasteiger partial charge in [-0.25, -0.2) is 0 Å². The molecule has 4 rings (SSSR count). The molecule has 0 aliphatic carbocycles. The summed E-state index contributed by atoms with van der Waals surface area (Å²) in [6, 6.07) is 20.8. The molecule has 3 aromatic carbocycles. The molecule has 0 bridgehead atoms. The zero-order valence-corrected chi connectivity index (χ0v) is 22.1. The van der Waals surface area contributed by atoms with Gasteiger partial charge in [-0.2, -0.15) is 0 Å². The van der Waals surface area contributed by atoms with Gasteiger partial charge in [0.25, 0.3) is 11.7 Å². The summed E-state index contributed by atoms with van der Waals surface area (Å²) in [7, 11) is 1.60. The number of carbonyl (C=O) groups excluding carboxylic acids is 2. The summed E-state index contributed by atoms with van der Waals surface area (Å²) >= 11 is 0. The summed E-state index contributed by atoms with van der Waals surface area (Å²) in [5.74, 6) is -0.369. The SMILES string of the molecule is COc1ccc(/C(O)=C2\C(=O)C(=O)N(c3ccccc3)C2c2cccc(OC(C)C)c2)cc1C(C)(C)C. The van der Waals surface area contributed by atoms with E-state index in [2.05, 4.69) is 0 Å². The van der Waals surface area contributed by atoms with E-state index in [4.69, 9.17) is 9.47 Å². The highest BCUT2D eigenvalue weighted by Crippen LogP contribution is 2.43. The number of ketones is 1. The van der Waals surface area contributed by atoms with E-state index in [1.807, 2.05) is 83.1 Å². The summed E-state index contributed by atoms with van der Waals surface area (Å²) in [6.07, 6.45) is -0.0501. The van der Waals surface area contributed by atoms with Crippen LogP contribution in [-0.4, -0.2) is 30.0 Å². The monoisotopic (exact) mass is 499 g/mol. The number of hydrogen-bond donors (Lipinski definition) is 1. The second-order valence-corrected chi connectivity index (χ2v) is 10.4. The Morgan fingerprint density at radius 3 is 2.27 bits per heavy atom. The lowest BCUT2D eigenvalue weighted by molar-refractivity contribution is -0.132. The van der Waals surface area contributed by atoms with Crippen LogP contribution in [0, 0.1) is 0 Å². The number of benzene rings is 3. The molecule has 0 spiro atoms. The van der Waals surface area contributed by atoms with E-state index in [9.17, 15) is 14.7 Å². The van der Waals surface area contributed by atoms with Gasteiger partial charge in [0.1, 0.15) is 17.3 Å². The minimum atomic E-state index is -0.835. The van der Waals surface area contributed by atoms with E-state index in [0.29, 0.717) is 28.3 Å². The van der Waals surface area contributed by atoms with Crippen LogP contribution in [0.4, 0.5) is 5.69 Å². The van der Waals surface area contributed by atoms with Crippen LogP contribution in [0.3, 0.4) is 0 Å². The molecular formula is C31H33NO5. The molecule has 0 radical (unpaired) electrons. The van der Waals surface area contributed by atoms with Gasteiger partial charge in [0, 0.05) is 16.8 Å². The molecule has 1 saturated heterocycles. The van der Waals surface area contributed by atoms with Crippen LogP contribution < -0.4 is 14.4 Å². The van der Waals surface area contributed by atoms with Gasteiger partial charge in [-0.15, -0.1) is 0 Å². The molecule has 1 unspecified atom stereocenters. The lowest BCUT2D eigenvalue weighted by Crippen LogP contribution is -2.29. The molecule has 1 amide bonds. The number of carbonyl (C=O) groups is 2. The lowest BCUT2D eigenvalue weighted by atomic mass is 9.84. The van der Waals surface area contributed by atoms with E-state index in [-0.39, 0.29) is 22.9 Å². The second kappa shape index (κ2) is 10.1. The average molecular weight is 500 g/mol. The highest BCUT2D eigenvalue weighted by Gasteiger charge is 2.47. The van der Waals surface area contributed by atoms with Crippen molar-refractivity contribution in [1.29, 1.82) is 0 Å². The average Bonchev–Trinajstić information content (AvgIpc) is 3.13. The number of aliphatic hydroxyl groups is 1. The van der Waals surface area contributed by atoms with E-state index in [1.54, 1.807) is 31.4 Å². The first-order valence-corrected chi connectivity index (χ1v) is 12.3. The van der Waals surface area contributed by atoms with Gasteiger partial charge >= 0.3 is 0 Å². The van der Waals surface area contributed by atoms with Crippen LogP contribution in [0.1, 0.15) is 57.4 Å². The predicted molar refractivity (Wildman–Crippen MR) is 145 cm³/mol. The van der Waals surface area contributed by atoms with Gasteiger partial charge in [0.2, 0.25) is 0 Å². The maximum atomic E-state index is 13.5. The quantitative estimate of drug-likeness (QED) is 0.241. The van der Waals surface area contributed by atoms with Gasteiger partial charge < -0.3 is 14.6 Å². The van der Waals surface area contributed by atoms with Crippen molar-refractivity contribution in [3.63, 3.8) is 0 Å². The Morgan fingerprint density at radius 2 is 1.65 bits per heavy atom. The third-order valence-electron chi connectivity index (χ3n) is 6.31. The Balaban J connectivity index is 1.95. The van der Waals surface area contributed by atoms with E-state index < -0.39 is 17.7 Å². The van der Waals surface area contributed by atoms with Crippen LogP contribution in [0.5, 0.6) is 11.5 Å². The maximum absolute atomic E-state index is 13.5. The number of aliphatic hydroxyl groups excluding tert-OH is 1. The number of rotatable bonds is 6. The number of hydrogen-bond acceptors (Lipinski definition) is 5. The van der Waals surface area contributed by atoms with Crippen molar-refractivity contribution in [2.24, 2.45) is 0 Å². The maximum Gasteiger partial charge on any atom is 0.300 e. The number of Topliss-reactive ketones (excluding diaryl/α,β-unsaturated/α-hetero) is 1. The number of anilines is 1. The molecule has 1 heterocycles. The van der Waals surface area contributed by atoms with Crippen molar-refractivity contribution in [2.75, 3.05) is 12.0 Å². The largest absolute Gasteiger partial charge is 0.507 e. The first kappa shape index (κ1) is 26.0. The Morgan fingerprint density at radius 1 is 0.946 bits per heavy atom. The molecule has 192 valence electrons. The normalized spacial score (nSPS) is 17.4. The summed E-state index contributed by atoms with van der Waals surface area (Å²) in [5.41, 5.74) is 2.29. The summed E-state index contributed by atoms with van der Waals surface area (Å²) in [4.78, 5) is 28.3. The number of amides is 1. The molecular weight excluding hydrogens is 466 g/mol. The summed E-state index contributed by atoms with van der Waals surface area (Å²) < 4.78 is 11.4. The van der Waals surface area contributed by atoms with Crippen molar-refractivity contribution < 1.29 is 24.2 Å². The molecule has 1 aliphatic rings. The van der Waals surface area contributed by atoms with Crippen molar-refractivity contribution >= 4 is 23.1 Å². The van der Waals surface area contributed by atoms with Crippen LogP contribution in [0.15, 0.2) is 78.4 Å². The zero-order chi connectivity index (χ0) is 26.9. The number of methoxy groups -OCH3 is 1.